The second kappa shape index (κ2) is 4.43. The quantitative estimate of drug-likeness (QED) is 0.815. The number of halogens is 2. The first-order chi connectivity index (χ1) is 9.10. The van der Waals surface area contributed by atoms with Gasteiger partial charge >= 0.3 is 0 Å². The Morgan fingerprint density at radius 3 is 3.00 bits per heavy atom. The van der Waals surface area contributed by atoms with Crippen molar-refractivity contribution in [2.24, 2.45) is 5.92 Å². The summed E-state index contributed by atoms with van der Waals surface area (Å²) in [4.78, 5) is 11.9. The number of allylic oxidation sites excluding steroid dienone is 1. The fourth-order valence-corrected chi connectivity index (χ4v) is 2.52. The van der Waals surface area contributed by atoms with Gasteiger partial charge < -0.3 is 15.4 Å². The molecule has 2 atom stereocenters. The van der Waals surface area contributed by atoms with Crippen LogP contribution in [0.15, 0.2) is 18.2 Å². The minimum absolute atomic E-state index is 0.0142. The summed E-state index contributed by atoms with van der Waals surface area (Å²) in [5.74, 6) is -0.496. The van der Waals surface area contributed by atoms with Crippen molar-refractivity contribution < 1.29 is 9.50 Å². The van der Waals surface area contributed by atoms with Crippen molar-refractivity contribution in [3.63, 3.8) is 0 Å². The van der Waals surface area contributed by atoms with Crippen LogP contribution in [0.2, 0.25) is 5.15 Å². The van der Waals surface area contributed by atoms with Crippen LogP contribution in [0.3, 0.4) is 0 Å². The van der Waals surface area contributed by atoms with Crippen molar-refractivity contribution in [3.8, 4) is 0 Å². The van der Waals surface area contributed by atoms with Crippen LogP contribution in [-0.2, 0) is 0 Å². The van der Waals surface area contributed by atoms with E-state index in [-0.39, 0.29) is 29.5 Å². The molecule has 3 N–H and O–H groups in total. The summed E-state index contributed by atoms with van der Waals surface area (Å²) >= 11 is 5.92. The summed E-state index contributed by atoms with van der Waals surface area (Å²) in [6.07, 6.45) is 3.33. The number of fused-ring (bicyclic) bond motifs is 1. The summed E-state index contributed by atoms with van der Waals surface area (Å²) < 4.78 is 15.5. The molecule has 2 heterocycles. The Bertz CT molecular complexity index is 670. The molecule has 1 aliphatic rings. The maximum Gasteiger partial charge on any atom is 0.223 e. The van der Waals surface area contributed by atoms with E-state index in [2.05, 4.69) is 15.0 Å². The number of nitrogens with two attached hydrogens (primary N) is 1. The molecule has 1 aliphatic carbocycles. The van der Waals surface area contributed by atoms with Crippen LogP contribution in [0, 0.1) is 5.92 Å². The highest BCUT2D eigenvalue weighted by Gasteiger charge is 2.29. The summed E-state index contributed by atoms with van der Waals surface area (Å²) in [6, 6.07) is -0.535. The number of aromatic nitrogens is 4. The number of nitrogens with zero attached hydrogens (tertiary/aromatic N) is 4. The van der Waals surface area contributed by atoms with Gasteiger partial charge in [-0.2, -0.15) is 9.97 Å². The van der Waals surface area contributed by atoms with Crippen LogP contribution in [0.1, 0.15) is 12.5 Å². The molecule has 6 nitrogen and oxygen atoms in total. The summed E-state index contributed by atoms with van der Waals surface area (Å²) in [5, 5.41) is 9.24. The molecule has 0 saturated heterocycles. The number of rotatable bonds is 2. The molecular weight excluding hydrogens is 273 g/mol. The maximum atomic E-state index is 13.9. The molecule has 3 rings (SSSR count). The third-order valence-electron chi connectivity index (χ3n) is 3.21. The van der Waals surface area contributed by atoms with Gasteiger partial charge in [-0.15, -0.1) is 0 Å². The Labute approximate surface area is 112 Å². The molecule has 0 amide bonds. The van der Waals surface area contributed by atoms with Crippen molar-refractivity contribution in [1.29, 1.82) is 0 Å². The Hall–Kier alpha value is -1.73. The third kappa shape index (κ3) is 1.95. The number of hydrogen-bond acceptors (Lipinski definition) is 5. The minimum Gasteiger partial charge on any atom is -0.396 e. The van der Waals surface area contributed by atoms with Crippen molar-refractivity contribution in [1.82, 2.24) is 19.5 Å². The van der Waals surface area contributed by atoms with Gasteiger partial charge in [0.05, 0.1) is 12.4 Å². The number of aliphatic hydroxyl groups excluding tert-OH is 1. The van der Waals surface area contributed by atoms with E-state index in [0.717, 1.165) is 0 Å². The monoisotopic (exact) mass is 283 g/mol. The average Bonchev–Trinajstić information content (AvgIpc) is 2.92. The zero-order valence-electron chi connectivity index (χ0n) is 9.79. The lowest BCUT2D eigenvalue weighted by molar-refractivity contribution is 0.243. The van der Waals surface area contributed by atoms with Crippen LogP contribution in [0.25, 0.3) is 11.2 Å². The highest BCUT2D eigenvalue weighted by molar-refractivity contribution is 6.33. The van der Waals surface area contributed by atoms with Crippen LogP contribution in [-0.4, -0.2) is 31.2 Å². The fraction of sp³-hybridized carbons (Fsp3) is 0.364. The normalized spacial score (nSPS) is 23.0. The van der Waals surface area contributed by atoms with Gasteiger partial charge in [0.25, 0.3) is 0 Å². The van der Waals surface area contributed by atoms with Gasteiger partial charge in [0.2, 0.25) is 5.95 Å². The number of nitrogen functional groups attached to an aromatic ring is 1. The molecule has 0 aromatic carbocycles. The van der Waals surface area contributed by atoms with Crippen molar-refractivity contribution in [2.75, 3.05) is 12.3 Å². The number of aliphatic hydroxyl groups is 1. The Morgan fingerprint density at radius 2 is 2.32 bits per heavy atom. The first-order valence-electron chi connectivity index (χ1n) is 5.73. The SMILES string of the molecule is Nc1nc(Cl)c2ncn([C@@H]3C[C@H](CO)C=C3F)c2n1. The van der Waals surface area contributed by atoms with Gasteiger partial charge in [-0.05, 0) is 12.5 Å². The Morgan fingerprint density at radius 1 is 1.53 bits per heavy atom. The standard InChI is InChI=1S/C11H11ClFN5O/c12-9-8-10(17-11(14)16-9)18(4-15-8)7-2-5(3-19)1-6(7)13/h1,4-5,7,19H,2-3H2,(H2,14,16,17)/t5-,7-/m1/s1. The zero-order chi connectivity index (χ0) is 13.6. The maximum absolute atomic E-state index is 13.9. The van der Waals surface area contributed by atoms with Crippen LogP contribution in [0.5, 0.6) is 0 Å². The lowest BCUT2D eigenvalue weighted by Crippen LogP contribution is -2.10. The van der Waals surface area contributed by atoms with E-state index in [1.807, 2.05) is 0 Å². The molecule has 2 aromatic rings. The fourth-order valence-electron chi connectivity index (χ4n) is 2.30. The molecule has 0 fully saturated rings. The largest absolute Gasteiger partial charge is 0.396 e. The van der Waals surface area contributed by atoms with E-state index in [0.29, 0.717) is 17.6 Å². The van der Waals surface area contributed by atoms with E-state index in [4.69, 9.17) is 22.4 Å². The van der Waals surface area contributed by atoms with Gasteiger partial charge in [-0.25, -0.2) is 9.37 Å². The van der Waals surface area contributed by atoms with Crippen LogP contribution in [0.4, 0.5) is 10.3 Å². The molecule has 0 aliphatic heterocycles. The highest BCUT2D eigenvalue weighted by atomic mass is 35.5. The first kappa shape index (κ1) is 12.3. The van der Waals surface area contributed by atoms with Crippen LogP contribution < -0.4 is 5.73 Å². The van der Waals surface area contributed by atoms with Gasteiger partial charge in [-0.3, -0.25) is 0 Å². The van der Waals surface area contributed by atoms with Gasteiger partial charge in [0, 0.05) is 12.5 Å². The second-order valence-electron chi connectivity index (χ2n) is 4.44. The van der Waals surface area contributed by atoms with Crippen LogP contribution >= 0.6 is 11.6 Å². The highest BCUT2D eigenvalue weighted by Crippen LogP contribution is 2.37. The summed E-state index contributed by atoms with van der Waals surface area (Å²) in [6.45, 7) is -0.0889. The second-order valence-corrected chi connectivity index (χ2v) is 4.80. The number of hydrogen-bond donors (Lipinski definition) is 2. The van der Waals surface area contributed by atoms with E-state index in [1.54, 1.807) is 4.57 Å². The molecule has 100 valence electrons. The summed E-state index contributed by atoms with van der Waals surface area (Å²) in [7, 11) is 0. The topological polar surface area (TPSA) is 89.8 Å². The molecular formula is C11H11ClFN5O. The van der Waals surface area contributed by atoms with Crippen molar-refractivity contribution in [3.05, 3.63) is 23.4 Å². The molecule has 2 aromatic heterocycles. The molecule has 0 spiro atoms. The van der Waals surface area contributed by atoms with Gasteiger partial charge in [0.1, 0.15) is 11.3 Å². The Kier molecular flexibility index (Phi) is 2.87. The Balaban J connectivity index is 2.10. The van der Waals surface area contributed by atoms with E-state index in [1.165, 1.54) is 12.4 Å². The van der Waals surface area contributed by atoms with Crippen molar-refractivity contribution >= 4 is 28.7 Å². The predicted molar refractivity (Wildman–Crippen MR) is 68.2 cm³/mol. The van der Waals surface area contributed by atoms with E-state index < -0.39 is 6.04 Å². The zero-order valence-corrected chi connectivity index (χ0v) is 10.5. The smallest absolute Gasteiger partial charge is 0.223 e. The number of imidazole rings is 1. The third-order valence-corrected chi connectivity index (χ3v) is 3.47. The molecule has 8 heteroatoms. The van der Waals surface area contributed by atoms with E-state index in [9.17, 15) is 4.39 Å². The lowest BCUT2D eigenvalue weighted by Gasteiger charge is -2.13. The van der Waals surface area contributed by atoms with E-state index >= 15 is 0 Å². The van der Waals surface area contributed by atoms with Gasteiger partial charge in [0.15, 0.2) is 10.8 Å². The lowest BCUT2D eigenvalue weighted by atomic mass is 10.1. The molecule has 0 unspecified atom stereocenters. The molecule has 19 heavy (non-hydrogen) atoms. The van der Waals surface area contributed by atoms with Crippen molar-refractivity contribution in [2.45, 2.75) is 12.5 Å². The average molecular weight is 284 g/mol. The molecule has 0 bridgehead atoms. The first-order valence-corrected chi connectivity index (χ1v) is 6.11. The predicted octanol–water partition coefficient (Wildman–Crippen LogP) is 1.47. The minimum atomic E-state index is -0.535. The number of anilines is 1. The molecule has 0 saturated carbocycles. The summed E-state index contributed by atoms with van der Waals surface area (Å²) in [5.41, 5.74) is 6.32. The molecule has 0 radical (unpaired) electrons. The van der Waals surface area contributed by atoms with Gasteiger partial charge in [-0.1, -0.05) is 11.6 Å².